The molecule has 0 radical (unpaired) electrons. The molecule has 88 valence electrons. The van der Waals surface area contributed by atoms with E-state index in [-0.39, 0.29) is 12.1 Å². The van der Waals surface area contributed by atoms with Gasteiger partial charge in [0.2, 0.25) is 0 Å². The summed E-state index contributed by atoms with van der Waals surface area (Å²) < 4.78 is 5.11. The predicted molar refractivity (Wildman–Crippen MR) is 65.9 cm³/mol. The van der Waals surface area contributed by atoms with E-state index in [1.54, 1.807) is 0 Å². The topological polar surface area (TPSA) is 26.3 Å². The molecule has 0 saturated carbocycles. The van der Waals surface area contributed by atoms with Gasteiger partial charge in [-0.3, -0.25) is 4.79 Å². The average molecular weight is 241 g/mol. The number of ether oxygens (including phenoxy) is 1. The van der Waals surface area contributed by atoms with Crippen LogP contribution in [0.1, 0.15) is 30.5 Å². The van der Waals surface area contributed by atoms with Crippen molar-refractivity contribution in [3.05, 3.63) is 33.8 Å². The first kappa shape index (κ1) is 13.0. The van der Waals surface area contributed by atoms with Gasteiger partial charge in [-0.25, -0.2) is 0 Å². The number of hydrogen-bond acceptors (Lipinski definition) is 2. The lowest BCUT2D eigenvalue weighted by molar-refractivity contribution is -0.146. The van der Waals surface area contributed by atoms with Crippen molar-refractivity contribution in [2.45, 2.75) is 40.2 Å². The maximum Gasteiger partial charge on any atom is 0.310 e. The molecule has 0 spiro atoms. The third-order valence-electron chi connectivity index (χ3n) is 2.32. The molecule has 2 nitrogen and oxygen atoms in total. The van der Waals surface area contributed by atoms with Crippen LogP contribution in [0.25, 0.3) is 0 Å². The molecular weight excluding hydrogens is 224 g/mol. The fraction of sp³-hybridized carbons (Fsp3) is 0.462. The van der Waals surface area contributed by atoms with Crippen LogP contribution in [0.4, 0.5) is 0 Å². The summed E-state index contributed by atoms with van der Waals surface area (Å²) in [6.07, 6.45) is 0.239. The monoisotopic (exact) mass is 240 g/mol. The molecule has 0 N–H and O–H groups in total. The minimum Gasteiger partial charge on any atom is -0.463 e. The summed E-state index contributed by atoms with van der Waals surface area (Å²) in [6.45, 7) is 7.57. The first-order valence-electron chi connectivity index (χ1n) is 5.35. The summed E-state index contributed by atoms with van der Waals surface area (Å²) >= 11 is 5.99. The number of carbonyl (C=O) groups is 1. The number of halogens is 1. The number of aryl methyl sites for hydroxylation is 2. The number of benzene rings is 1. The first-order valence-corrected chi connectivity index (χ1v) is 5.73. The van der Waals surface area contributed by atoms with Gasteiger partial charge in [-0.05, 0) is 50.5 Å². The summed E-state index contributed by atoms with van der Waals surface area (Å²) in [5.74, 6) is -0.195. The van der Waals surface area contributed by atoms with Gasteiger partial charge in [0, 0.05) is 5.02 Å². The second-order valence-electron chi connectivity index (χ2n) is 4.24. The molecule has 0 aromatic heterocycles. The van der Waals surface area contributed by atoms with E-state index < -0.39 is 0 Å². The van der Waals surface area contributed by atoms with E-state index in [0.29, 0.717) is 6.42 Å². The van der Waals surface area contributed by atoms with Gasteiger partial charge in [-0.1, -0.05) is 17.7 Å². The molecule has 1 aromatic carbocycles. The summed E-state index contributed by atoms with van der Waals surface area (Å²) in [6, 6.07) is 3.83. The Hall–Kier alpha value is -1.02. The Morgan fingerprint density at radius 2 is 1.94 bits per heavy atom. The number of rotatable bonds is 3. The Labute approximate surface area is 102 Å². The molecule has 0 unspecified atom stereocenters. The lowest BCUT2D eigenvalue weighted by atomic mass is 10.0. The predicted octanol–water partition coefficient (Wildman–Crippen LogP) is 3.45. The van der Waals surface area contributed by atoms with Gasteiger partial charge in [-0.2, -0.15) is 0 Å². The highest BCUT2D eigenvalue weighted by molar-refractivity contribution is 6.31. The highest BCUT2D eigenvalue weighted by Gasteiger charge is 2.10. The SMILES string of the molecule is Cc1cc(CC(=O)OC(C)C)c(C)cc1Cl. The summed E-state index contributed by atoms with van der Waals surface area (Å²) in [7, 11) is 0. The normalized spacial score (nSPS) is 10.6. The molecule has 0 aliphatic heterocycles. The van der Waals surface area contributed by atoms with Crippen molar-refractivity contribution in [3.63, 3.8) is 0 Å². The zero-order valence-corrected chi connectivity index (χ0v) is 10.9. The molecule has 1 rings (SSSR count). The Kier molecular flexibility index (Phi) is 4.36. The smallest absolute Gasteiger partial charge is 0.310 e. The maximum atomic E-state index is 11.5. The Morgan fingerprint density at radius 3 is 2.50 bits per heavy atom. The van der Waals surface area contributed by atoms with Crippen LogP contribution in [0, 0.1) is 13.8 Å². The van der Waals surface area contributed by atoms with Crippen molar-refractivity contribution in [2.75, 3.05) is 0 Å². The van der Waals surface area contributed by atoms with Crippen LogP contribution < -0.4 is 0 Å². The van der Waals surface area contributed by atoms with E-state index in [1.165, 1.54) is 0 Å². The van der Waals surface area contributed by atoms with Gasteiger partial charge in [-0.15, -0.1) is 0 Å². The lowest BCUT2D eigenvalue weighted by Gasteiger charge is -2.10. The first-order chi connectivity index (χ1) is 7.40. The summed E-state index contributed by atoms with van der Waals surface area (Å²) in [5, 5.41) is 0.735. The second kappa shape index (κ2) is 5.35. The van der Waals surface area contributed by atoms with Gasteiger partial charge in [0.05, 0.1) is 12.5 Å². The Bertz CT molecular complexity index is 397. The van der Waals surface area contributed by atoms with E-state index in [0.717, 1.165) is 21.7 Å². The van der Waals surface area contributed by atoms with Crippen LogP contribution in [0.2, 0.25) is 5.02 Å². The van der Waals surface area contributed by atoms with E-state index in [9.17, 15) is 4.79 Å². The van der Waals surface area contributed by atoms with Crippen LogP contribution in [-0.4, -0.2) is 12.1 Å². The molecule has 0 bridgehead atoms. The minimum atomic E-state index is -0.195. The second-order valence-corrected chi connectivity index (χ2v) is 4.65. The highest BCUT2D eigenvalue weighted by Crippen LogP contribution is 2.21. The number of esters is 1. The van der Waals surface area contributed by atoms with Crippen LogP contribution >= 0.6 is 11.6 Å². The molecule has 16 heavy (non-hydrogen) atoms. The molecule has 0 fully saturated rings. The standard InChI is InChI=1S/C13H17ClO2/c1-8(2)16-13(15)7-11-5-10(4)12(14)6-9(11)3/h5-6,8H,7H2,1-4H3. The van der Waals surface area contributed by atoms with Crippen molar-refractivity contribution < 1.29 is 9.53 Å². The fourth-order valence-corrected chi connectivity index (χ4v) is 1.71. The molecule has 0 aliphatic carbocycles. The van der Waals surface area contributed by atoms with Crippen molar-refractivity contribution in [1.29, 1.82) is 0 Å². The van der Waals surface area contributed by atoms with E-state index in [1.807, 2.05) is 39.8 Å². The molecule has 3 heteroatoms. The summed E-state index contributed by atoms with van der Waals surface area (Å²) in [5.41, 5.74) is 2.99. The summed E-state index contributed by atoms with van der Waals surface area (Å²) in [4.78, 5) is 11.5. The highest BCUT2D eigenvalue weighted by atomic mass is 35.5. The number of hydrogen-bond donors (Lipinski definition) is 0. The third-order valence-corrected chi connectivity index (χ3v) is 2.73. The van der Waals surface area contributed by atoms with E-state index >= 15 is 0 Å². The molecule has 0 saturated heterocycles. The third kappa shape index (κ3) is 3.53. The zero-order chi connectivity index (χ0) is 12.3. The van der Waals surface area contributed by atoms with Gasteiger partial charge < -0.3 is 4.74 Å². The Morgan fingerprint density at radius 1 is 1.31 bits per heavy atom. The molecule has 0 aliphatic rings. The maximum absolute atomic E-state index is 11.5. The average Bonchev–Trinajstić information content (AvgIpc) is 2.12. The fourth-order valence-electron chi connectivity index (χ4n) is 1.49. The van der Waals surface area contributed by atoms with Crippen molar-refractivity contribution in [2.24, 2.45) is 0 Å². The quantitative estimate of drug-likeness (QED) is 0.757. The zero-order valence-electron chi connectivity index (χ0n) is 10.1. The van der Waals surface area contributed by atoms with Gasteiger partial charge in [0.15, 0.2) is 0 Å². The minimum absolute atomic E-state index is 0.0683. The van der Waals surface area contributed by atoms with E-state index in [4.69, 9.17) is 16.3 Å². The Balaban J connectivity index is 2.81. The van der Waals surface area contributed by atoms with Gasteiger partial charge in [0.25, 0.3) is 0 Å². The molecule has 0 atom stereocenters. The molecular formula is C13H17ClO2. The van der Waals surface area contributed by atoms with Crippen LogP contribution in [-0.2, 0) is 16.0 Å². The van der Waals surface area contributed by atoms with Crippen molar-refractivity contribution in [3.8, 4) is 0 Å². The van der Waals surface area contributed by atoms with Crippen LogP contribution in [0.3, 0.4) is 0 Å². The number of carbonyl (C=O) groups excluding carboxylic acids is 1. The molecule has 0 amide bonds. The lowest BCUT2D eigenvalue weighted by Crippen LogP contribution is -2.14. The van der Waals surface area contributed by atoms with Gasteiger partial charge >= 0.3 is 5.97 Å². The molecule has 0 heterocycles. The van der Waals surface area contributed by atoms with Crippen molar-refractivity contribution >= 4 is 17.6 Å². The molecule has 1 aromatic rings. The van der Waals surface area contributed by atoms with Crippen LogP contribution in [0.5, 0.6) is 0 Å². The van der Waals surface area contributed by atoms with Gasteiger partial charge in [0.1, 0.15) is 0 Å². The van der Waals surface area contributed by atoms with Crippen LogP contribution in [0.15, 0.2) is 12.1 Å². The largest absolute Gasteiger partial charge is 0.463 e. The van der Waals surface area contributed by atoms with Crippen molar-refractivity contribution in [1.82, 2.24) is 0 Å². The van der Waals surface area contributed by atoms with E-state index in [2.05, 4.69) is 0 Å².